The normalized spacial score (nSPS) is 13.0. The van der Waals surface area contributed by atoms with Gasteiger partial charge in [-0.1, -0.05) is 43.9 Å². The SMILES string of the molecule is CC#Cc1ccc2c(c1)C(CC)(CC)c1cc(-c3nc4ccc(C#CC)cc4s3)ccc1-2. The highest BCUT2D eigenvalue weighted by atomic mass is 32.1. The van der Waals surface area contributed by atoms with Crippen LogP contribution in [0.15, 0.2) is 54.6 Å². The van der Waals surface area contributed by atoms with E-state index in [0.717, 1.165) is 34.5 Å². The molecule has 0 atom stereocenters. The second-order valence-electron chi connectivity index (χ2n) is 8.26. The number of hydrogen-bond acceptors (Lipinski definition) is 2. The van der Waals surface area contributed by atoms with Gasteiger partial charge in [0.05, 0.1) is 10.2 Å². The van der Waals surface area contributed by atoms with E-state index in [0.29, 0.717) is 0 Å². The molecular weight excluding hydrogens is 406 g/mol. The van der Waals surface area contributed by atoms with Gasteiger partial charge < -0.3 is 0 Å². The molecule has 0 radical (unpaired) electrons. The van der Waals surface area contributed by atoms with Gasteiger partial charge >= 0.3 is 0 Å². The summed E-state index contributed by atoms with van der Waals surface area (Å²) in [5.74, 6) is 12.4. The van der Waals surface area contributed by atoms with Crippen LogP contribution in [0, 0.1) is 23.7 Å². The molecule has 1 aliphatic carbocycles. The first kappa shape index (κ1) is 20.6. The molecule has 4 aromatic rings. The second-order valence-corrected chi connectivity index (χ2v) is 9.29. The van der Waals surface area contributed by atoms with Gasteiger partial charge in [0.2, 0.25) is 0 Å². The monoisotopic (exact) mass is 431 g/mol. The number of thiazole rings is 1. The molecule has 0 unspecified atom stereocenters. The van der Waals surface area contributed by atoms with Crippen LogP contribution in [0.5, 0.6) is 0 Å². The molecule has 2 heteroatoms. The van der Waals surface area contributed by atoms with Gasteiger partial charge in [-0.15, -0.1) is 23.2 Å². The van der Waals surface area contributed by atoms with Gasteiger partial charge in [-0.25, -0.2) is 4.98 Å². The molecule has 156 valence electrons. The number of nitrogens with zero attached hydrogens (tertiary/aromatic N) is 1. The van der Waals surface area contributed by atoms with Crippen molar-refractivity contribution in [1.29, 1.82) is 0 Å². The van der Waals surface area contributed by atoms with E-state index >= 15 is 0 Å². The van der Waals surface area contributed by atoms with Crippen LogP contribution in [-0.4, -0.2) is 4.98 Å². The van der Waals surface area contributed by atoms with Crippen molar-refractivity contribution in [3.8, 4) is 45.4 Å². The molecule has 0 aliphatic heterocycles. The van der Waals surface area contributed by atoms with Gasteiger partial charge in [0, 0.05) is 22.1 Å². The zero-order valence-electron chi connectivity index (χ0n) is 19.0. The molecule has 0 bridgehead atoms. The van der Waals surface area contributed by atoms with E-state index in [1.165, 1.54) is 32.5 Å². The van der Waals surface area contributed by atoms with Crippen LogP contribution >= 0.6 is 11.3 Å². The number of benzene rings is 3. The lowest BCUT2D eigenvalue weighted by atomic mass is 9.73. The lowest BCUT2D eigenvalue weighted by molar-refractivity contribution is 0.490. The second kappa shape index (κ2) is 7.98. The number of fused-ring (bicyclic) bond motifs is 4. The predicted octanol–water partition coefficient (Wildman–Crippen LogP) is 7.79. The van der Waals surface area contributed by atoms with Crippen molar-refractivity contribution in [2.75, 3.05) is 0 Å². The predicted molar refractivity (Wildman–Crippen MR) is 137 cm³/mol. The molecule has 0 saturated heterocycles. The summed E-state index contributed by atoms with van der Waals surface area (Å²) in [7, 11) is 0. The summed E-state index contributed by atoms with van der Waals surface area (Å²) in [5, 5.41) is 1.07. The molecule has 3 aromatic carbocycles. The first-order valence-corrected chi connectivity index (χ1v) is 12.0. The van der Waals surface area contributed by atoms with Crippen LogP contribution in [-0.2, 0) is 5.41 Å². The van der Waals surface area contributed by atoms with E-state index in [1.54, 1.807) is 11.3 Å². The quantitative estimate of drug-likeness (QED) is 0.302. The maximum absolute atomic E-state index is 4.95. The Morgan fingerprint density at radius 1 is 0.781 bits per heavy atom. The average molecular weight is 432 g/mol. The standard InChI is InChI=1S/C30H25NS/c1-5-9-20-11-14-23-24-15-13-22(19-26(24)30(7-3,8-4)25(23)17-20)29-31-27-16-12-21(10-6-2)18-28(27)32-29/h11-19H,7-8H2,1-4H3. The minimum Gasteiger partial charge on any atom is -0.236 e. The maximum Gasteiger partial charge on any atom is 0.124 e. The Bertz CT molecular complexity index is 1480. The van der Waals surface area contributed by atoms with Crippen LogP contribution in [0.25, 0.3) is 31.9 Å². The van der Waals surface area contributed by atoms with Crippen molar-refractivity contribution in [3.63, 3.8) is 0 Å². The van der Waals surface area contributed by atoms with Crippen molar-refractivity contribution < 1.29 is 0 Å². The number of aromatic nitrogens is 1. The lowest BCUT2D eigenvalue weighted by Crippen LogP contribution is -2.23. The van der Waals surface area contributed by atoms with Crippen molar-refractivity contribution >= 4 is 21.6 Å². The molecule has 0 saturated carbocycles. The first-order valence-electron chi connectivity index (χ1n) is 11.2. The minimum absolute atomic E-state index is 0.0205. The van der Waals surface area contributed by atoms with Crippen molar-refractivity contribution in [2.45, 2.75) is 46.0 Å². The third-order valence-electron chi connectivity index (χ3n) is 6.74. The Kier molecular flexibility index (Phi) is 5.13. The van der Waals surface area contributed by atoms with Gasteiger partial charge in [-0.3, -0.25) is 0 Å². The van der Waals surface area contributed by atoms with Crippen molar-refractivity contribution in [3.05, 3.63) is 76.9 Å². The molecule has 32 heavy (non-hydrogen) atoms. The van der Waals surface area contributed by atoms with E-state index in [1.807, 2.05) is 13.8 Å². The van der Waals surface area contributed by atoms with Crippen molar-refractivity contribution in [1.82, 2.24) is 4.98 Å². The Balaban J connectivity index is 1.66. The van der Waals surface area contributed by atoms with Gasteiger partial charge in [0.1, 0.15) is 5.01 Å². The first-order chi connectivity index (χ1) is 15.6. The summed E-state index contributed by atoms with van der Waals surface area (Å²) >= 11 is 1.75. The smallest absolute Gasteiger partial charge is 0.124 e. The van der Waals surface area contributed by atoms with E-state index < -0.39 is 0 Å². The molecule has 1 heterocycles. The summed E-state index contributed by atoms with van der Waals surface area (Å²) in [6.07, 6.45) is 2.13. The fourth-order valence-corrected chi connectivity index (χ4v) is 6.13. The number of rotatable bonds is 3. The number of hydrogen-bond donors (Lipinski definition) is 0. The van der Waals surface area contributed by atoms with Crippen molar-refractivity contribution in [2.24, 2.45) is 0 Å². The van der Waals surface area contributed by atoms with Gasteiger partial charge in [-0.05, 0) is 85.3 Å². The van der Waals surface area contributed by atoms with E-state index in [-0.39, 0.29) is 5.41 Å². The summed E-state index contributed by atoms with van der Waals surface area (Å²) in [6.45, 7) is 8.38. The highest BCUT2D eigenvalue weighted by molar-refractivity contribution is 7.21. The zero-order valence-corrected chi connectivity index (χ0v) is 19.8. The van der Waals surface area contributed by atoms with E-state index in [9.17, 15) is 0 Å². The Hall–Kier alpha value is -3.33. The zero-order chi connectivity index (χ0) is 22.3. The summed E-state index contributed by atoms with van der Waals surface area (Å²) in [6, 6.07) is 19.9. The molecule has 5 rings (SSSR count). The Morgan fingerprint density at radius 2 is 1.41 bits per heavy atom. The Labute approximate surface area is 194 Å². The molecule has 0 fully saturated rings. The van der Waals surface area contributed by atoms with E-state index in [2.05, 4.69) is 92.1 Å². The highest BCUT2D eigenvalue weighted by Gasteiger charge is 2.40. The molecule has 1 aliphatic rings. The fourth-order valence-electron chi connectivity index (χ4n) is 5.13. The topological polar surface area (TPSA) is 12.9 Å². The minimum atomic E-state index is 0.0205. The molecule has 1 aromatic heterocycles. The highest BCUT2D eigenvalue weighted by Crippen LogP contribution is 2.53. The van der Waals surface area contributed by atoms with E-state index in [4.69, 9.17) is 4.98 Å². The van der Waals surface area contributed by atoms with Gasteiger partial charge in [-0.2, -0.15) is 0 Å². The third kappa shape index (κ3) is 3.07. The van der Waals surface area contributed by atoms with Crippen LogP contribution < -0.4 is 0 Å². The molecule has 0 spiro atoms. The average Bonchev–Trinajstić information content (AvgIpc) is 3.36. The molecule has 0 N–H and O–H groups in total. The largest absolute Gasteiger partial charge is 0.236 e. The lowest BCUT2D eigenvalue weighted by Gasteiger charge is -2.30. The summed E-state index contributed by atoms with van der Waals surface area (Å²) in [4.78, 5) is 4.95. The molecular formula is C30H25NS. The van der Waals surface area contributed by atoms with Crippen LogP contribution in [0.2, 0.25) is 0 Å². The van der Waals surface area contributed by atoms with Crippen LogP contribution in [0.4, 0.5) is 0 Å². The molecule has 1 nitrogen and oxygen atoms in total. The van der Waals surface area contributed by atoms with Crippen LogP contribution in [0.1, 0.15) is 62.8 Å². The summed E-state index contributed by atoms with van der Waals surface area (Å²) in [5.41, 5.74) is 9.94. The van der Waals surface area contributed by atoms with Gasteiger partial charge in [0.15, 0.2) is 0 Å². The molecule has 0 amide bonds. The maximum atomic E-state index is 4.95. The van der Waals surface area contributed by atoms with Crippen LogP contribution in [0.3, 0.4) is 0 Å². The fraction of sp³-hybridized carbons (Fsp3) is 0.233. The third-order valence-corrected chi connectivity index (χ3v) is 7.81. The summed E-state index contributed by atoms with van der Waals surface area (Å²) < 4.78 is 1.18. The van der Waals surface area contributed by atoms with Gasteiger partial charge in [0.25, 0.3) is 0 Å². The Morgan fingerprint density at radius 3 is 2.09 bits per heavy atom.